The fourth-order valence-corrected chi connectivity index (χ4v) is 2.52. The van der Waals surface area contributed by atoms with Crippen LogP contribution in [0.3, 0.4) is 0 Å². The van der Waals surface area contributed by atoms with Crippen molar-refractivity contribution in [1.82, 2.24) is 0 Å². The predicted molar refractivity (Wildman–Crippen MR) is 75.8 cm³/mol. The van der Waals surface area contributed by atoms with Crippen LogP contribution in [0.4, 0.5) is 15.1 Å². The van der Waals surface area contributed by atoms with Crippen molar-refractivity contribution in [1.29, 1.82) is 0 Å². The number of amides is 1. The summed E-state index contributed by atoms with van der Waals surface area (Å²) in [4.78, 5) is 11.4. The molecule has 1 heterocycles. The summed E-state index contributed by atoms with van der Waals surface area (Å²) in [5, 5.41) is 3.96. The fourth-order valence-electron chi connectivity index (χ4n) is 1.67. The Labute approximate surface area is 114 Å². The third-order valence-corrected chi connectivity index (χ3v) is 3.73. The molecule has 0 radical (unpaired) electrons. The first-order chi connectivity index (χ1) is 9.06. The molecule has 2 rings (SSSR count). The van der Waals surface area contributed by atoms with Gasteiger partial charge in [0, 0.05) is 6.54 Å². The van der Waals surface area contributed by atoms with Gasteiger partial charge in [0.1, 0.15) is 10.7 Å². The third kappa shape index (κ3) is 3.45. The van der Waals surface area contributed by atoms with Crippen LogP contribution in [0.1, 0.15) is 15.2 Å². The minimum Gasteiger partial charge on any atom is -0.397 e. The Morgan fingerprint density at radius 2 is 2.00 bits per heavy atom. The summed E-state index contributed by atoms with van der Waals surface area (Å²) in [6, 6.07) is 8.05. The van der Waals surface area contributed by atoms with Crippen LogP contribution in [-0.2, 0) is 6.42 Å². The highest BCUT2D eigenvalue weighted by atomic mass is 32.1. The molecule has 5 N–H and O–H groups in total. The van der Waals surface area contributed by atoms with Gasteiger partial charge in [-0.2, -0.15) is 0 Å². The Bertz CT molecular complexity index is 580. The molecule has 1 amide bonds. The highest BCUT2D eigenvalue weighted by Gasteiger charge is 2.10. The first-order valence-electron chi connectivity index (χ1n) is 5.73. The summed E-state index contributed by atoms with van der Waals surface area (Å²) in [7, 11) is 0. The Morgan fingerprint density at radius 3 is 2.58 bits per heavy atom. The molecule has 1 aromatic heterocycles. The van der Waals surface area contributed by atoms with Gasteiger partial charge in [0.2, 0.25) is 0 Å². The molecule has 0 aliphatic carbocycles. The predicted octanol–water partition coefficient (Wildman–Crippen LogP) is 2.22. The number of nitrogens with two attached hydrogens (primary N) is 2. The van der Waals surface area contributed by atoms with Crippen LogP contribution in [0.5, 0.6) is 0 Å². The van der Waals surface area contributed by atoms with Crippen molar-refractivity contribution in [2.24, 2.45) is 5.73 Å². The van der Waals surface area contributed by atoms with Gasteiger partial charge in [0.25, 0.3) is 5.91 Å². The van der Waals surface area contributed by atoms with E-state index in [4.69, 9.17) is 11.5 Å². The second-order valence-electron chi connectivity index (χ2n) is 4.06. The van der Waals surface area contributed by atoms with Crippen LogP contribution < -0.4 is 16.8 Å². The lowest BCUT2D eigenvalue weighted by Crippen LogP contribution is -2.10. The molecule has 0 unspecified atom stereocenters. The molecule has 0 bridgehead atoms. The quantitative estimate of drug-likeness (QED) is 0.785. The number of benzene rings is 1. The van der Waals surface area contributed by atoms with Gasteiger partial charge in [-0.15, -0.1) is 11.3 Å². The first-order valence-corrected chi connectivity index (χ1v) is 6.55. The molecular formula is C13H14FN3OS. The van der Waals surface area contributed by atoms with Crippen molar-refractivity contribution in [2.45, 2.75) is 6.42 Å². The van der Waals surface area contributed by atoms with E-state index in [0.717, 1.165) is 17.0 Å². The van der Waals surface area contributed by atoms with Crippen molar-refractivity contribution in [2.75, 3.05) is 17.6 Å². The van der Waals surface area contributed by atoms with E-state index in [2.05, 4.69) is 5.32 Å². The number of rotatable bonds is 5. The van der Waals surface area contributed by atoms with Gasteiger partial charge in [-0.3, -0.25) is 4.79 Å². The van der Waals surface area contributed by atoms with Crippen molar-refractivity contribution >= 4 is 27.9 Å². The summed E-state index contributed by atoms with van der Waals surface area (Å²) >= 11 is 1.23. The van der Waals surface area contributed by atoms with Gasteiger partial charge in [-0.1, -0.05) is 12.1 Å². The minimum atomic E-state index is -0.519. The van der Waals surface area contributed by atoms with Gasteiger partial charge in [0.15, 0.2) is 0 Å². The second-order valence-corrected chi connectivity index (χ2v) is 5.11. The van der Waals surface area contributed by atoms with Gasteiger partial charge in [0.05, 0.1) is 10.7 Å². The van der Waals surface area contributed by atoms with Crippen molar-refractivity contribution in [3.63, 3.8) is 0 Å². The van der Waals surface area contributed by atoms with E-state index in [0.29, 0.717) is 17.1 Å². The summed E-state index contributed by atoms with van der Waals surface area (Å²) in [6.07, 6.45) is 0.754. The molecule has 6 heteroatoms. The molecule has 2 aromatic rings. The molecule has 19 heavy (non-hydrogen) atoms. The van der Waals surface area contributed by atoms with Crippen molar-refractivity contribution in [3.05, 3.63) is 46.6 Å². The molecule has 0 atom stereocenters. The molecule has 0 aliphatic heterocycles. The number of hydrogen-bond donors (Lipinski definition) is 3. The summed E-state index contributed by atoms with van der Waals surface area (Å²) in [5.41, 5.74) is 12.3. The number of carbonyl (C=O) groups is 1. The number of primary amides is 1. The number of halogens is 1. The molecule has 4 nitrogen and oxygen atoms in total. The van der Waals surface area contributed by atoms with Crippen LogP contribution in [0, 0.1) is 5.82 Å². The van der Waals surface area contributed by atoms with E-state index in [9.17, 15) is 9.18 Å². The Kier molecular flexibility index (Phi) is 4.01. The van der Waals surface area contributed by atoms with Gasteiger partial charge in [-0.25, -0.2) is 4.39 Å². The van der Waals surface area contributed by atoms with E-state index in [1.807, 2.05) is 0 Å². The SMILES string of the molecule is NC(=O)c1sc(NCCc2ccc(F)cc2)cc1N. The lowest BCUT2D eigenvalue weighted by Gasteiger charge is -2.03. The average Bonchev–Trinajstić information content (AvgIpc) is 2.73. The summed E-state index contributed by atoms with van der Waals surface area (Å²) < 4.78 is 12.7. The van der Waals surface area contributed by atoms with Crippen LogP contribution in [-0.4, -0.2) is 12.5 Å². The number of thiophene rings is 1. The molecule has 0 aliphatic rings. The Balaban J connectivity index is 1.90. The standard InChI is InChI=1S/C13H14FN3OS/c14-9-3-1-8(2-4-9)5-6-17-11-7-10(15)12(19-11)13(16)18/h1-4,7,17H,5-6,15H2,(H2,16,18). The largest absolute Gasteiger partial charge is 0.397 e. The van der Waals surface area contributed by atoms with E-state index in [1.54, 1.807) is 18.2 Å². The van der Waals surface area contributed by atoms with Gasteiger partial charge in [-0.05, 0) is 30.2 Å². The lowest BCUT2D eigenvalue weighted by molar-refractivity contribution is 0.100. The first kappa shape index (κ1) is 13.4. The van der Waals surface area contributed by atoms with Gasteiger partial charge >= 0.3 is 0 Å². The Hall–Kier alpha value is -2.08. The number of hydrogen-bond acceptors (Lipinski definition) is 4. The van der Waals surface area contributed by atoms with E-state index >= 15 is 0 Å². The van der Waals surface area contributed by atoms with Crippen LogP contribution in [0.2, 0.25) is 0 Å². The lowest BCUT2D eigenvalue weighted by atomic mass is 10.1. The molecule has 1 aromatic carbocycles. The fraction of sp³-hybridized carbons (Fsp3) is 0.154. The highest BCUT2D eigenvalue weighted by molar-refractivity contribution is 7.18. The number of nitrogen functional groups attached to an aromatic ring is 1. The maximum Gasteiger partial charge on any atom is 0.260 e. The topological polar surface area (TPSA) is 81.1 Å². The zero-order valence-corrected chi connectivity index (χ0v) is 11.0. The number of carbonyl (C=O) groups excluding carboxylic acids is 1. The summed E-state index contributed by atoms with van der Waals surface area (Å²) in [5.74, 6) is -0.761. The Morgan fingerprint density at radius 1 is 1.32 bits per heavy atom. The number of anilines is 2. The molecule has 0 spiro atoms. The van der Waals surface area contributed by atoms with Crippen LogP contribution in [0.25, 0.3) is 0 Å². The van der Waals surface area contributed by atoms with Crippen LogP contribution >= 0.6 is 11.3 Å². The molecule has 100 valence electrons. The highest BCUT2D eigenvalue weighted by Crippen LogP contribution is 2.28. The van der Waals surface area contributed by atoms with Gasteiger partial charge < -0.3 is 16.8 Å². The molecular weight excluding hydrogens is 265 g/mol. The van der Waals surface area contributed by atoms with Crippen LogP contribution in [0.15, 0.2) is 30.3 Å². The normalized spacial score (nSPS) is 10.4. The zero-order valence-electron chi connectivity index (χ0n) is 10.2. The smallest absolute Gasteiger partial charge is 0.260 e. The van der Waals surface area contributed by atoms with Crippen molar-refractivity contribution < 1.29 is 9.18 Å². The maximum atomic E-state index is 12.7. The minimum absolute atomic E-state index is 0.242. The third-order valence-electron chi connectivity index (χ3n) is 2.61. The monoisotopic (exact) mass is 279 g/mol. The molecule has 0 fully saturated rings. The molecule has 0 saturated carbocycles. The number of nitrogens with one attached hydrogen (secondary N) is 1. The zero-order chi connectivity index (χ0) is 13.8. The second kappa shape index (κ2) is 5.71. The van der Waals surface area contributed by atoms with Crippen molar-refractivity contribution in [3.8, 4) is 0 Å². The summed E-state index contributed by atoms with van der Waals surface area (Å²) in [6.45, 7) is 0.670. The van der Waals surface area contributed by atoms with E-state index < -0.39 is 5.91 Å². The average molecular weight is 279 g/mol. The van der Waals surface area contributed by atoms with E-state index in [-0.39, 0.29) is 5.82 Å². The molecule has 0 saturated heterocycles. The van der Waals surface area contributed by atoms with E-state index in [1.165, 1.54) is 23.5 Å². The maximum absolute atomic E-state index is 12.7.